The highest BCUT2D eigenvalue weighted by molar-refractivity contribution is 5.61. The lowest BCUT2D eigenvalue weighted by molar-refractivity contribution is -0.0524. The molecule has 3 atom stereocenters. The molecule has 0 aliphatic carbocycles. The van der Waals surface area contributed by atoms with Gasteiger partial charge in [-0.15, -0.1) is 0 Å². The van der Waals surface area contributed by atoms with Crippen LogP contribution in [0.4, 0.5) is 9.59 Å². The maximum atomic E-state index is 11.3. The molecular weight excluding hydrogens is 268 g/mol. The monoisotopic (exact) mass is 292 g/mol. The van der Waals surface area contributed by atoms with Crippen LogP contribution in [0.1, 0.15) is 41.5 Å². The number of hydrogen-bond donors (Lipinski definition) is 1. The predicted molar refractivity (Wildman–Crippen MR) is 70.4 cm³/mol. The van der Waals surface area contributed by atoms with Crippen molar-refractivity contribution in [3.63, 3.8) is 0 Å². The lowest BCUT2D eigenvalue weighted by Gasteiger charge is -2.20. The van der Waals surface area contributed by atoms with Crippen molar-refractivity contribution in [1.29, 1.82) is 0 Å². The van der Waals surface area contributed by atoms with Crippen molar-refractivity contribution in [2.45, 2.75) is 65.5 Å². The maximum absolute atomic E-state index is 11.3. The molecule has 0 aromatic rings. The van der Waals surface area contributed by atoms with Crippen molar-refractivity contribution >= 4 is 12.3 Å². The van der Waals surface area contributed by atoms with Crippen LogP contribution in [0.2, 0.25) is 0 Å². The molecule has 0 heterocycles. The van der Waals surface area contributed by atoms with E-state index in [1.807, 2.05) is 0 Å². The van der Waals surface area contributed by atoms with Crippen molar-refractivity contribution in [3.8, 4) is 0 Å². The lowest BCUT2D eigenvalue weighted by atomic mass is 10.2. The second-order valence-corrected chi connectivity index (χ2v) is 5.52. The minimum atomic E-state index is -0.932. The average molecular weight is 292 g/mol. The molecule has 3 unspecified atom stereocenters. The van der Waals surface area contributed by atoms with Crippen LogP contribution >= 0.6 is 0 Å². The Labute approximate surface area is 119 Å². The molecule has 118 valence electrons. The van der Waals surface area contributed by atoms with E-state index in [1.165, 1.54) is 13.8 Å². The quantitative estimate of drug-likeness (QED) is 0.777. The van der Waals surface area contributed by atoms with E-state index in [1.54, 1.807) is 27.7 Å². The summed E-state index contributed by atoms with van der Waals surface area (Å²) in [6.45, 7) is 9.56. The van der Waals surface area contributed by atoms with Crippen molar-refractivity contribution in [1.82, 2.24) is 0 Å². The van der Waals surface area contributed by atoms with Crippen LogP contribution in [0.3, 0.4) is 0 Å². The average Bonchev–Trinajstić information content (AvgIpc) is 2.23. The zero-order valence-electron chi connectivity index (χ0n) is 12.8. The van der Waals surface area contributed by atoms with Crippen LogP contribution < -0.4 is 0 Å². The first-order valence-corrected chi connectivity index (χ1v) is 6.42. The van der Waals surface area contributed by atoms with E-state index in [4.69, 9.17) is 24.1 Å². The van der Waals surface area contributed by atoms with Crippen LogP contribution in [0.15, 0.2) is 0 Å². The Kier molecular flexibility index (Phi) is 7.34. The predicted octanol–water partition coefficient (Wildman–Crippen LogP) is 2.25. The Balaban J connectivity index is 3.97. The van der Waals surface area contributed by atoms with Gasteiger partial charge in [-0.25, -0.2) is 9.59 Å². The highest BCUT2D eigenvalue weighted by Gasteiger charge is 2.21. The molecule has 0 aliphatic rings. The van der Waals surface area contributed by atoms with Crippen molar-refractivity contribution in [2.24, 2.45) is 0 Å². The Morgan fingerprint density at radius 3 is 2.05 bits per heavy atom. The van der Waals surface area contributed by atoms with Crippen LogP contribution in [0.5, 0.6) is 0 Å². The zero-order chi connectivity index (χ0) is 15.9. The summed E-state index contributed by atoms with van der Waals surface area (Å²) in [4.78, 5) is 22.6. The van der Waals surface area contributed by atoms with Gasteiger partial charge in [0.2, 0.25) is 0 Å². The third kappa shape index (κ3) is 9.43. The minimum Gasteiger partial charge on any atom is -0.430 e. The molecule has 0 saturated heterocycles. The summed E-state index contributed by atoms with van der Waals surface area (Å²) in [6, 6.07) is 0. The molecule has 0 aromatic heterocycles. The fourth-order valence-electron chi connectivity index (χ4n) is 0.941. The first-order chi connectivity index (χ1) is 9.01. The number of carbonyl (C=O) groups is 2. The SMILES string of the molecule is CC(COC(=O)OC(C)(C)C)OC(=O)OC(C)C(C)O. The van der Waals surface area contributed by atoms with E-state index in [0.29, 0.717) is 0 Å². The van der Waals surface area contributed by atoms with Crippen molar-refractivity contribution < 1.29 is 33.6 Å². The maximum Gasteiger partial charge on any atom is 0.509 e. The number of hydrogen-bond acceptors (Lipinski definition) is 7. The number of aliphatic hydroxyl groups is 1. The molecule has 0 amide bonds. The number of aliphatic hydroxyl groups excluding tert-OH is 1. The fraction of sp³-hybridized carbons (Fsp3) is 0.846. The standard InChI is InChI=1S/C13H24O7/c1-8(7-17-11(15)20-13(4,5)6)18-12(16)19-10(3)9(2)14/h8-10,14H,7H2,1-6H3. The topological polar surface area (TPSA) is 91.3 Å². The van der Waals surface area contributed by atoms with E-state index in [2.05, 4.69) is 0 Å². The highest BCUT2D eigenvalue weighted by Crippen LogP contribution is 2.09. The van der Waals surface area contributed by atoms with Gasteiger partial charge in [-0.1, -0.05) is 0 Å². The molecule has 0 fully saturated rings. The molecule has 0 aromatic carbocycles. The van der Waals surface area contributed by atoms with E-state index in [0.717, 1.165) is 0 Å². The van der Waals surface area contributed by atoms with E-state index >= 15 is 0 Å². The van der Waals surface area contributed by atoms with Gasteiger partial charge < -0.3 is 24.1 Å². The molecular formula is C13H24O7. The molecule has 0 bridgehead atoms. The zero-order valence-corrected chi connectivity index (χ0v) is 12.8. The van der Waals surface area contributed by atoms with Crippen molar-refractivity contribution in [2.75, 3.05) is 6.61 Å². The summed E-state index contributed by atoms with van der Waals surface area (Å²) in [5, 5.41) is 9.17. The van der Waals surface area contributed by atoms with Crippen LogP contribution in [-0.4, -0.2) is 47.9 Å². The summed E-state index contributed by atoms with van der Waals surface area (Å²) in [6.07, 6.45) is -3.93. The third-order valence-electron chi connectivity index (χ3n) is 2.08. The third-order valence-corrected chi connectivity index (χ3v) is 2.08. The lowest BCUT2D eigenvalue weighted by Crippen LogP contribution is -2.30. The van der Waals surface area contributed by atoms with Gasteiger partial charge in [0.15, 0.2) is 0 Å². The van der Waals surface area contributed by atoms with E-state index in [9.17, 15) is 9.59 Å². The Morgan fingerprint density at radius 2 is 1.60 bits per heavy atom. The molecule has 0 aliphatic heterocycles. The van der Waals surface area contributed by atoms with Crippen LogP contribution in [0, 0.1) is 0 Å². The first kappa shape index (κ1) is 18.5. The first-order valence-electron chi connectivity index (χ1n) is 6.42. The van der Waals surface area contributed by atoms with Gasteiger partial charge >= 0.3 is 12.3 Å². The Hall–Kier alpha value is -1.50. The van der Waals surface area contributed by atoms with Gasteiger partial charge in [0.25, 0.3) is 0 Å². The minimum absolute atomic E-state index is 0.146. The molecule has 7 nitrogen and oxygen atoms in total. The molecule has 0 radical (unpaired) electrons. The number of rotatable bonds is 5. The normalized spacial score (nSPS) is 15.8. The molecule has 20 heavy (non-hydrogen) atoms. The van der Waals surface area contributed by atoms with Crippen LogP contribution in [-0.2, 0) is 18.9 Å². The van der Waals surface area contributed by atoms with Gasteiger partial charge in [-0.2, -0.15) is 0 Å². The van der Waals surface area contributed by atoms with Gasteiger partial charge in [0, 0.05) is 0 Å². The highest BCUT2D eigenvalue weighted by atomic mass is 16.8. The Bertz CT molecular complexity index is 319. The fourth-order valence-corrected chi connectivity index (χ4v) is 0.941. The Morgan fingerprint density at radius 1 is 1.05 bits per heavy atom. The van der Waals surface area contributed by atoms with Gasteiger partial charge in [-0.3, -0.25) is 0 Å². The molecule has 0 rings (SSSR count). The van der Waals surface area contributed by atoms with E-state index in [-0.39, 0.29) is 6.61 Å². The molecule has 0 saturated carbocycles. The summed E-state index contributed by atoms with van der Waals surface area (Å²) >= 11 is 0. The van der Waals surface area contributed by atoms with Crippen LogP contribution in [0.25, 0.3) is 0 Å². The largest absolute Gasteiger partial charge is 0.509 e. The second-order valence-electron chi connectivity index (χ2n) is 5.52. The van der Waals surface area contributed by atoms with Gasteiger partial charge in [-0.05, 0) is 41.5 Å². The smallest absolute Gasteiger partial charge is 0.430 e. The number of ether oxygens (including phenoxy) is 4. The summed E-state index contributed by atoms with van der Waals surface area (Å²) in [5.41, 5.74) is -0.646. The molecule has 0 spiro atoms. The van der Waals surface area contributed by atoms with Gasteiger partial charge in [0.05, 0.1) is 6.10 Å². The van der Waals surface area contributed by atoms with Gasteiger partial charge in [0.1, 0.15) is 24.4 Å². The summed E-state index contributed by atoms with van der Waals surface area (Å²) in [7, 11) is 0. The second kappa shape index (κ2) is 7.94. The number of carbonyl (C=O) groups excluding carboxylic acids is 2. The summed E-state index contributed by atoms with van der Waals surface area (Å²) < 4.78 is 19.3. The molecule has 1 N–H and O–H groups in total. The van der Waals surface area contributed by atoms with E-state index < -0.39 is 36.2 Å². The van der Waals surface area contributed by atoms with Crippen molar-refractivity contribution in [3.05, 3.63) is 0 Å². The molecule has 7 heteroatoms. The summed E-state index contributed by atoms with van der Waals surface area (Å²) in [5.74, 6) is 0.